The third-order valence-electron chi connectivity index (χ3n) is 6.30. The first-order valence-corrected chi connectivity index (χ1v) is 11.1. The van der Waals surface area contributed by atoms with Crippen molar-refractivity contribution in [3.63, 3.8) is 0 Å². The fourth-order valence-electron chi connectivity index (χ4n) is 4.72. The summed E-state index contributed by atoms with van der Waals surface area (Å²) >= 11 is 0. The summed E-state index contributed by atoms with van der Waals surface area (Å²) in [6, 6.07) is 30.7. The molecular formula is C30H22N2O. The van der Waals surface area contributed by atoms with Crippen LogP contribution in [0.1, 0.15) is 11.4 Å². The first-order chi connectivity index (χ1) is 16.1. The normalized spacial score (nSPS) is 11.5. The summed E-state index contributed by atoms with van der Waals surface area (Å²) in [6.45, 7) is 4.00. The molecule has 2 heterocycles. The van der Waals surface area contributed by atoms with Crippen LogP contribution in [0.5, 0.6) is 5.75 Å². The highest BCUT2D eigenvalue weighted by molar-refractivity contribution is 6.10. The zero-order valence-electron chi connectivity index (χ0n) is 18.5. The first-order valence-electron chi connectivity index (χ1n) is 11.1. The molecule has 2 aromatic heterocycles. The summed E-state index contributed by atoms with van der Waals surface area (Å²) in [5.41, 5.74) is 7.37. The van der Waals surface area contributed by atoms with Crippen LogP contribution in [-0.4, -0.2) is 15.1 Å². The number of phenolic OH excluding ortho intramolecular Hbond substituents is 1. The summed E-state index contributed by atoms with van der Waals surface area (Å²) in [5.74, 6) is 0.267. The van der Waals surface area contributed by atoms with Crippen LogP contribution < -0.4 is 0 Å². The highest BCUT2D eigenvalue weighted by Crippen LogP contribution is 2.46. The number of para-hydroxylation sites is 2. The van der Waals surface area contributed by atoms with E-state index < -0.39 is 0 Å². The molecule has 0 aliphatic carbocycles. The predicted octanol–water partition coefficient (Wildman–Crippen LogP) is 7.59. The lowest BCUT2D eigenvalue weighted by molar-refractivity contribution is 0.484. The summed E-state index contributed by atoms with van der Waals surface area (Å²) in [6.07, 6.45) is 0. The number of rotatable bonds is 2. The van der Waals surface area contributed by atoms with Gasteiger partial charge in [-0.15, -0.1) is 0 Å². The molecule has 4 aromatic carbocycles. The molecule has 0 spiro atoms. The molecule has 158 valence electrons. The van der Waals surface area contributed by atoms with Gasteiger partial charge >= 0.3 is 0 Å². The van der Waals surface area contributed by atoms with E-state index in [1.54, 1.807) is 0 Å². The van der Waals surface area contributed by atoms with Crippen LogP contribution in [0.25, 0.3) is 54.8 Å². The van der Waals surface area contributed by atoms with Gasteiger partial charge in [0.25, 0.3) is 0 Å². The topological polar surface area (TPSA) is 46.0 Å². The summed E-state index contributed by atoms with van der Waals surface area (Å²) in [7, 11) is 0. The second kappa shape index (κ2) is 7.42. The third-order valence-corrected chi connectivity index (χ3v) is 6.30. The van der Waals surface area contributed by atoms with Crippen molar-refractivity contribution in [2.24, 2.45) is 0 Å². The lowest BCUT2D eigenvalue weighted by Crippen LogP contribution is -1.94. The lowest BCUT2D eigenvalue weighted by atomic mass is 9.88. The number of aromatic nitrogens is 2. The number of pyridine rings is 2. The minimum atomic E-state index is 0.267. The highest BCUT2D eigenvalue weighted by atomic mass is 16.3. The lowest BCUT2D eigenvalue weighted by Gasteiger charge is -2.18. The molecule has 0 aliphatic rings. The Morgan fingerprint density at radius 2 is 1.12 bits per heavy atom. The van der Waals surface area contributed by atoms with Gasteiger partial charge < -0.3 is 5.11 Å². The van der Waals surface area contributed by atoms with Crippen molar-refractivity contribution in [2.45, 2.75) is 13.8 Å². The minimum Gasteiger partial charge on any atom is -0.507 e. The molecule has 3 heteroatoms. The molecule has 6 rings (SSSR count). The van der Waals surface area contributed by atoms with Crippen molar-refractivity contribution in [1.82, 2.24) is 9.97 Å². The van der Waals surface area contributed by atoms with Crippen molar-refractivity contribution >= 4 is 32.6 Å². The van der Waals surface area contributed by atoms with Crippen LogP contribution in [0.3, 0.4) is 0 Å². The molecule has 0 amide bonds. The molecule has 3 nitrogen and oxygen atoms in total. The Morgan fingerprint density at radius 3 is 1.82 bits per heavy atom. The predicted molar refractivity (Wildman–Crippen MR) is 137 cm³/mol. The Balaban J connectivity index is 1.80. The van der Waals surface area contributed by atoms with E-state index in [0.29, 0.717) is 0 Å². The van der Waals surface area contributed by atoms with Crippen LogP contribution in [0.4, 0.5) is 0 Å². The molecule has 0 aliphatic heterocycles. The molecule has 1 N–H and O–H groups in total. The second-order valence-electron chi connectivity index (χ2n) is 8.53. The standard InChI is InChI=1S/C30H22N2O/c1-18-13-15-20-8-5-11-24(28(20)31-18)26-17-22-7-3-4-10-23(22)30(33)27(26)25-12-6-9-21-16-14-19(2)32-29(21)25/h3-17,33H,1-2H3. The zero-order chi connectivity index (χ0) is 22.5. The van der Waals surface area contributed by atoms with Crippen molar-refractivity contribution in [1.29, 1.82) is 0 Å². The monoisotopic (exact) mass is 426 g/mol. The Hall–Kier alpha value is -4.24. The van der Waals surface area contributed by atoms with Gasteiger partial charge in [-0.3, -0.25) is 9.97 Å². The minimum absolute atomic E-state index is 0.267. The van der Waals surface area contributed by atoms with E-state index in [9.17, 15) is 5.11 Å². The van der Waals surface area contributed by atoms with Crippen molar-refractivity contribution in [3.8, 4) is 28.0 Å². The van der Waals surface area contributed by atoms with Gasteiger partial charge in [-0.25, -0.2) is 0 Å². The van der Waals surface area contributed by atoms with E-state index in [1.165, 1.54) is 0 Å². The van der Waals surface area contributed by atoms with Gasteiger partial charge in [-0.05, 0) is 43.0 Å². The molecule has 0 bridgehead atoms. The largest absolute Gasteiger partial charge is 0.507 e. The number of nitrogens with zero attached hydrogens (tertiary/aromatic N) is 2. The maximum absolute atomic E-state index is 11.7. The molecule has 0 saturated heterocycles. The number of benzene rings is 4. The van der Waals surface area contributed by atoms with Crippen molar-refractivity contribution < 1.29 is 5.11 Å². The van der Waals surface area contributed by atoms with Gasteiger partial charge in [-0.1, -0.05) is 72.8 Å². The van der Waals surface area contributed by atoms with Crippen LogP contribution in [0.15, 0.2) is 91.0 Å². The molecular weight excluding hydrogens is 404 g/mol. The molecule has 0 atom stereocenters. The van der Waals surface area contributed by atoms with E-state index in [4.69, 9.17) is 9.97 Å². The molecule has 0 radical (unpaired) electrons. The summed E-state index contributed by atoms with van der Waals surface area (Å²) in [5, 5.41) is 15.6. The van der Waals surface area contributed by atoms with Gasteiger partial charge in [-0.2, -0.15) is 0 Å². The van der Waals surface area contributed by atoms with E-state index in [0.717, 1.165) is 66.2 Å². The SMILES string of the molecule is Cc1ccc2cccc(-c3cc4ccccc4c(O)c3-c3cccc4ccc(C)nc34)c2n1. The van der Waals surface area contributed by atoms with Crippen LogP contribution in [0, 0.1) is 13.8 Å². The average Bonchev–Trinajstić information content (AvgIpc) is 2.83. The van der Waals surface area contributed by atoms with E-state index in [-0.39, 0.29) is 5.75 Å². The van der Waals surface area contributed by atoms with Crippen molar-refractivity contribution in [3.05, 3.63) is 102 Å². The Labute approximate surface area is 192 Å². The second-order valence-corrected chi connectivity index (χ2v) is 8.53. The number of aromatic hydroxyl groups is 1. The molecule has 0 unspecified atom stereocenters. The number of hydrogen-bond donors (Lipinski definition) is 1. The number of phenols is 1. The Morgan fingerprint density at radius 1 is 0.545 bits per heavy atom. The van der Waals surface area contributed by atoms with Gasteiger partial charge in [0, 0.05) is 44.2 Å². The fraction of sp³-hybridized carbons (Fsp3) is 0.0667. The zero-order valence-corrected chi connectivity index (χ0v) is 18.5. The van der Waals surface area contributed by atoms with E-state index in [1.807, 2.05) is 62.4 Å². The maximum atomic E-state index is 11.7. The number of aryl methyl sites for hydroxylation is 2. The van der Waals surface area contributed by atoms with Crippen LogP contribution >= 0.6 is 0 Å². The number of hydrogen-bond acceptors (Lipinski definition) is 3. The van der Waals surface area contributed by atoms with Gasteiger partial charge in [0.1, 0.15) is 5.75 Å². The van der Waals surface area contributed by atoms with Crippen LogP contribution in [-0.2, 0) is 0 Å². The van der Waals surface area contributed by atoms with Crippen LogP contribution in [0.2, 0.25) is 0 Å². The van der Waals surface area contributed by atoms with E-state index >= 15 is 0 Å². The molecule has 0 fully saturated rings. The highest BCUT2D eigenvalue weighted by Gasteiger charge is 2.20. The molecule has 0 saturated carbocycles. The van der Waals surface area contributed by atoms with Crippen molar-refractivity contribution in [2.75, 3.05) is 0 Å². The van der Waals surface area contributed by atoms with Gasteiger partial charge in [0.2, 0.25) is 0 Å². The summed E-state index contributed by atoms with van der Waals surface area (Å²) in [4.78, 5) is 9.73. The van der Waals surface area contributed by atoms with E-state index in [2.05, 4.69) is 42.5 Å². The third kappa shape index (κ3) is 3.13. The quantitative estimate of drug-likeness (QED) is 0.310. The molecule has 33 heavy (non-hydrogen) atoms. The number of fused-ring (bicyclic) bond motifs is 3. The molecule has 6 aromatic rings. The maximum Gasteiger partial charge on any atom is 0.131 e. The summed E-state index contributed by atoms with van der Waals surface area (Å²) < 4.78 is 0. The first kappa shape index (κ1) is 19.4. The smallest absolute Gasteiger partial charge is 0.131 e. The van der Waals surface area contributed by atoms with Gasteiger partial charge in [0.15, 0.2) is 0 Å². The Kier molecular flexibility index (Phi) is 4.37. The average molecular weight is 427 g/mol. The fourth-order valence-corrected chi connectivity index (χ4v) is 4.72. The van der Waals surface area contributed by atoms with Gasteiger partial charge in [0.05, 0.1) is 11.0 Å². The Bertz CT molecular complexity index is 1700.